The molecule has 0 bridgehead atoms. The number of methoxy groups -OCH3 is 1. The van der Waals surface area contributed by atoms with Crippen LogP contribution in [-0.2, 0) is 16.1 Å². The highest BCUT2D eigenvalue weighted by Gasteiger charge is 2.36. The molecule has 33 heavy (non-hydrogen) atoms. The molecule has 1 fully saturated rings. The SMILES string of the molecule is COc1ccc(C2/C=C\CN(C(=O)C3CCCC3)C(C)C(=O)N2Cc2ccc(F)cc2)cc1. The van der Waals surface area contributed by atoms with E-state index < -0.39 is 6.04 Å². The number of hydrogen-bond acceptors (Lipinski definition) is 3. The molecule has 0 saturated heterocycles. The first-order chi connectivity index (χ1) is 16.0. The molecule has 2 atom stereocenters. The normalized spacial score (nSPS) is 22.7. The zero-order valence-electron chi connectivity index (χ0n) is 19.2. The number of hydrogen-bond donors (Lipinski definition) is 0. The molecule has 0 radical (unpaired) electrons. The third-order valence-corrected chi connectivity index (χ3v) is 6.78. The van der Waals surface area contributed by atoms with E-state index in [4.69, 9.17) is 4.74 Å². The summed E-state index contributed by atoms with van der Waals surface area (Å²) in [5, 5.41) is 0. The highest BCUT2D eigenvalue weighted by Crippen LogP contribution is 2.31. The van der Waals surface area contributed by atoms with Crippen molar-refractivity contribution in [3.63, 3.8) is 0 Å². The molecule has 6 heteroatoms. The minimum absolute atomic E-state index is 0.0102. The number of amides is 2. The fraction of sp³-hybridized carbons (Fsp3) is 0.407. The first-order valence-corrected chi connectivity index (χ1v) is 11.6. The van der Waals surface area contributed by atoms with Crippen LogP contribution in [0.25, 0.3) is 0 Å². The molecule has 1 aliphatic heterocycles. The van der Waals surface area contributed by atoms with Crippen LogP contribution in [-0.4, -0.2) is 41.3 Å². The van der Waals surface area contributed by atoms with Gasteiger partial charge in [-0.15, -0.1) is 0 Å². The Kier molecular flexibility index (Phi) is 7.11. The molecule has 2 amide bonds. The lowest BCUT2D eigenvalue weighted by Gasteiger charge is -2.39. The second kappa shape index (κ2) is 10.2. The quantitative estimate of drug-likeness (QED) is 0.610. The number of benzene rings is 2. The monoisotopic (exact) mass is 450 g/mol. The molecule has 0 N–H and O–H groups in total. The maximum absolute atomic E-state index is 13.8. The van der Waals surface area contributed by atoms with E-state index in [1.807, 2.05) is 43.3 Å². The van der Waals surface area contributed by atoms with E-state index in [2.05, 4.69) is 0 Å². The lowest BCUT2D eigenvalue weighted by molar-refractivity contribution is -0.148. The Morgan fingerprint density at radius 2 is 1.73 bits per heavy atom. The number of nitrogens with zero attached hydrogens (tertiary/aromatic N) is 2. The van der Waals surface area contributed by atoms with Crippen molar-refractivity contribution in [2.45, 2.75) is 51.2 Å². The van der Waals surface area contributed by atoms with Gasteiger partial charge in [-0.2, -0.15) is 0 Å². The van der Waals surface area contributed by atoms with Crippen molar-refractivity contribution in [3.8, 4) is 5.75 Å². The maximum atomic E-state index is 13.8. The maximum Gasteiger partial charge on any atom is 0.246 e. The largest absolute Gasteiger partial charge is 0.497 e. The summed E-state index contributed by atoms with van der Waals surface area (Å²) >= 11 is 0. The van der Waals surface area contributed by atoms with Gasteiger partial charge in [0.15, 0.2) is 0 Å². The Labute approximate surface area is 194 Å². The van der Waals surface area contributed by atoms with E-state index in [9.17, 15) is 14.0 Å². The van der Waals surface area contributed by atoms with E-state index >= 15 is 0 Å². The van der Waals surface area contributed by atoms with E-state index in [1.54, 1.807) is 29.0 Å². The lowest BCUT2D eigenvalue weighted by atomic mass is 9.99. The van der Waals surface area contributed by atoms with Crippen LogP contribution >= 0.6 is 0 Å². The average molecular weight is 451 g/mol. The van der Waals surface area contributed by atoms with Gasteiger partial charge in [-0.1, -0.05) is 49.3 Å². The Balaban J connectivity index is 1.68. The van der Waals surface area contributed by atoms with Gasteiger partial charge in [0, 0.05) is 19.0 Å². The van der Waals surface area contributed by atoms with Crippen molar-refractivity contribution in [2.75, 3.05) is 13.7 Å². The van der Waals surface area contributed by atoms with E-state index in [-0.39, 0.29) is 29.6 Å². The van der Waals surface area contributed by atoms with Gasteiger partial charge in [0.25, 0.3) is 0 Å². The van der Waals surface area contributed by atoms with Crippen LogP contribution in [0.5, 0.6) is 5.75 Å². The van der Waals surface area contributed by atoms with Gasteiger partial charge in [0.05, 0.1) is 13.2 Å². The van der Waals surface area contributed by atoms with Crippen molar-refractivity contribution < 1.29 is 18.7 Å². The Hall–Kier alpha value is -3.15. The van der Waals surface area contributed by atoms with E-state index in [0.717, 1.165) is 42.6 Å². The van der Waals surface area contributed by atoms with Gasteiger partial charge in [-0.3, -0.25) is 9.59 Å². The summed E-state index contributed by atoms with van der Waals surface area (Å²) in [6.07, 6.45) is 7.91. The second-order valence-corrected chi connectivity index (χ2v) is 8.89. The standard InChI is InChI=1S/C27H31FN2O3/c1-19-26(31)30(18-20-9-13-23(28)14-10-20)25(21-11-15-24(33-2)16-12-21)8-5-17-29(19)27(32)22-6-3-4-7-22/h5,8-16,19,22,25H,3-4,6-7,17-18H2,1-2H3/b8-5-. The van der Waals surface area contributed by atoms with Crippen LogP contribution in [0.3, 0.4) is 0 Å². The van der Waals surface area contributed by atoms with Gasteiger partial charge in [-0.25, -0.2) is 4.39 Å². The Morgan fingerprint density at radius 3 is 2.36 bits per heavy atom. The van der Waals surface area contributed by atoms with E-state index in [1.165, 1.54) is 12.1 Å². The zero-order chi connectivity index (χ0) is 23.4. The summed E-state index contributed by atoms with van der Waals surface area (Å²) in [6, 6.07) is 13.0. The minimum Gasteiger partial charge on any atom is -0.497 e. The molecule has 2 aromatic rings. The molecule has 0 aromatic heterocycles. The zero-order valence-corrected chi connectivity index (χ0v) is 19.2. The van der Waals surface area contributed by atoms with Crippen LogP contribution in [0.1, 0.15) is 49.8 Å². The number of carbonyl (C=O) groups is 2. The first kappa shape index (κ1) is 23.0. The highest BCUT2D eigenvalue weighted by molar-refractivity contribution is 5.89. The second-order valence-electron chi connectivity index (χ2n) is 8.89. The topological polar surface area (TPSA) is 49.9 Å². The van der Waals surface area contributed by atoms with Crippen LogP contribution in [0.4, 0.5) is 4.39 Å². The Morgan fingerprint density at radius 1 is 1.06 bits per heavy atom. The van der Waals surface area contributed by atoms with Gasteiger partial charge >= 0.3 is 0 Å². The van der Waals surface area contributed by atoms with Crippen LogP contribution in [0, 0.1) is 11.7 Å². The van der Waals surface area contributed by atoms with Crippen molar-refractivity contribution in [2.24, 2.45) is 5.92 Å². The summed E-state index contributed by atoms with van der Waals surface area (Å²) in [5.41, 5.74) is 1.78. The molecular weight excluding hydrogens is 419 g/mol. The van der Waals surface area contributed by atoms with Gasteiger partial charge in [0.2, 0.25) is 11.8 Å². The Bertz CT molecular complexity index is 997. The van der Waals surface area contributed by atoms with Crippen molar-refractivity contribution in [1.29, 1.82) is 0 Å². The molecular formula is C27H31FN2O3. The van der Waals surface area contributed by atoms with Gasteiger partial charge in [-0.05, 0) is 55.2 Å². The molecule has 1 heterocycles. The third kappa shape index (κ3) is 5.10. The van der Waals surface area contributed by atoms with Crippen molar-refractivity contribution in [3.05, 3.63) is 77.6 Å². The summed E-state index contributed by atoms with van der Waals surface area (Å²) < 4.78 is 18.8. The number of rotatable bonds is 5. The molecule has 2 unspecified atom stereocenters. The molecule has 1 saturated carbocycles. The van der Waals surface area contributed by atoms with Gasteiger partial charge in [0.1, 0.15) is 17.6 Å². The van der Waals surface area contributed by atoms with Crippen molar-refractivity contribution >= 4 is 11.8 Å². The fourth-order valence-corrected chi connectivity index (χ4v) is 4.82. The number of carbonyl (C=O) groups excluding carboxylic acids is 2. The molecule has 2 aromatic carbocycles. The van der Waals surface area contributed by atoms with Crippen molar-refractivity contribution in [1.82, 2.24) is 9.80 Å². The summed E-state index contributed by atoms with van der Waals surface area (Å²) in [5.74, 6) is 0.396. The summed E-state index contributed by atoms with van der Waals surface area (Å²) in [7, 11) is 1.62. The van der Waals surface area contributed by atoms with E-state index in [0.29, 0.717) is 13.1 Å². The predicted molar refractivity (Wildman–Crippen MR) is 125 cm³/mol. The summed E-state index contributed by atoms with van der Waals surface area (Å²) in [6.45, 7) is 2.55. The van der Waals surface area contributed by atoms with Crippen LogP contribution in [0.15, 0.2) is 60.7 Å². The van der Waals surface area contributed by atoms with Gasteiger partial charge < -0.3 is 14.5 Å². The van der Waals surface area contributed by atoms with Crippen LogP contribution < -0.4 is 4.74 Å². The number of ether oxygens (including phenoxy) is 1. The average Bonchev–Trinajstić information content (AvgIpc) is 3.38. The summed E-state index contributed by atoms with van der Waals surface area (Å²) in [4.78, 5) is 30.5. The molecule has 2 aliphatic rings. The van der Waals surface area contributed by atoms with Crippen LogP contribution in [0.2, 0.25) is 0 Å². The number of halogens is 1. The fourth-order valence-electron chi connectivity index (χ4n) is 4.82. The molecule has 1 aliphatic carbocycles. The molecule has 174 valence electrons. The predicted octanol–water partition coefficient (Wildman–Crippen LogP) is 4.88. The molecule has 4 rings (SSSR count). The lowest BCUT2D eigenvalue weighted by Crippen LogP contribution is -2.52. The first-order valence-electron chi connectivity index (χ1n) is 11.6. The smallest absolute Gasteiger partial charge is 0.246 e. The minimum atomic E-state index is -0.579. The molecule has 5 nitrogen and oxygen atoms in total. The highest BCUT2D eigenvalue weighted by atomic mass is 19.1. The molecule has 0 spiro atoms. The third-order valence-electron chi connectivity index (χ3n) is 6.78.